The topological polar surface area (TPSA) is 115 Å². The number of carboxylic acids is 2. The first kappa shape index (κ1) is 14.5. The molecule has 0 rings (SSSR count). The average molecular weight is 204 g/mol. The van der Waals surface area contributed by atoms with E-state index in [2.05, 4.69) is 6.58 Å². The Bertz CT molecular complexity index is 260. The molecule has 0 aromatic rings. The maximum absolute atomic E-state index is 9.76. The highest BCUT2D eigenvalue weighted by atomic mass is 16.5. The third-order valence-corrected chi connectivity index (χ3v) is 1.02. The Morgan fingerprint density at radius 1 is 0.929 bits per heavy atom. The van der Waals surface area contributed by atoms with Crippen molar-refractivity contribution < 1.29 is 30.0 Å². The van der Waals surface area contributed by atoms with E-state index in [1.54, 1.807) is 0 Å². The fourth-order valence-electron chi connectivity index (χ4n) is 0.0956. The van der Waals surface area contributed by atoms with Gasteiger partial charge in [0.2, 0.25) is 0 Å². The summed E-state index contributed by atoms with van der Waals surface area (Å²) in [5.41, 5.74) is -0.278. The minimum atomic E-state index is -1.33. The second-order valence-electron chi connectivity index (χ2n) is 2.34. The molecule has 0 unspecified atom stereocenters. The molecule has 6 heteroatoms. The summed E-state index contributed by atoms with van der Waals surface area (Å²) in [7, 11) is 0. The minimum Gasteiger partial charge on any atom is -0.481 e. The van der Waals surface area contributed by atoms with Crippen LogP contribution in [-0.2, 0) is 9.59 Å². The standard InChI is InChI=1S/C4H6O4.C4H6O2/c1-2(3(5)6)4(7)8;1-3(2)4(5)6/h5-6H,1H3,(H,7,8);1H2,2H3,(H,5,6). The number of hydrogen-bond acceptors (Lipinski definition) is 4. The highest BCUT2D eigenvalue weighted by molar-refractivity contribution is 5.85. The normalized spacial score (nSPS) is 7.86. The maximum atomic E-state index is 9.76. The van der Waals surface area contributed by atoms with Gasteiger partial charge in [0.1, 0.15) is 5.57 Å². The van der Waals surface area contributed by atoms with Gasteiger partial charge in [0.25, 0.3) is 5.95 Å². The Morgan fingerprint density at radius 2 is 1.21 bits per heavy atom. The van der Waals surface area contributed by atoms with Gasteiger partial charge < -0.3 is 20.4 Å². The van der Waals surface area contributed by atoms with E-state index in [4.69, 9.17) is 20.4 Å². The van der Waals surface area contributed by atoms with Crippen molar-refractivity contribution in [3.8, 4) is 0 Å². The summed E-state index contributed by atoms with van der Waals surface area (Å²) in [6, 6.07) is 0. The fourth-order valence-corrected chi connectivity index (χ4v) is 0.0956. The monoisotopic (exact) mass is 204 g/mol. The second-order valence-corrected chi connectivity index (χ2v) is 2.34. The molecule has 6 nitrogen and oxygen atoms in total. The summed E-state index contributed by atoms with van der Waals surface area (Å²) in [6.45, 7) is 5.70. The summed E-state index contributed by atoms with van der Waals surface area (Å²) in [4.78, 5) is 19.4. The van der Waals surface area contributed by atoms with Crippen molar-refractivity contribution in [2.75, 3.05) is 0 Å². The van der Waals surface area contributed by atoms with E-state index in [0.29, 0.717) is 0 Å². The molecule has 0 aliphatic rings. The van der Waals surface area contributed by atoms with Gasteiger partial charge in [-0.1, -0.05) is 6.58 Å². The quantitative estimate of drug-likeness (QED) is 0.395. The number of carbonyl (C=O) groups is 2. The van der Waals surface area contributed by atoms with Crippen LogP contribution in [0.3, 0.4) is 0 Å². The summed E-state index contributed by atoms with van der Waals surface area (Å²) in [5, 5.41) is 32.0. The van der Waals surface area contributed by atoms with Gasteiger partial charge in [-0.2, -0.15) is 0 Å². The molecule has 0 atom stereocenters. The Kier molecular flexibility index (Phi) is 6.78. The van der Waals surface area contributed by atoms with Gasteiger partial charge in [-0.05, 0) is 13.8 Å². The van der Waals surface area contributed by atoms with Crippen molar-refractivity contribution in [3.63, 3.8) is 0 Å². The number of aliphatic hydroxyl groups is 2. The van der Waals surface area contributed by atoms with Crippen LogP contribution in [0.5, 0.6) is 0 Å². The summed E-state index contributed by atoms with van der Waals surface area (Å²) in [6.07, 6.45) is 0. The van der Waals surface area contributed by atoms with Crippen molar-refractivity contribution in [2.24, 2.45) is 0 Å². The van der Waals surface area contributed by atoms with Crippen LogP contribution in [0.4, 0.5) is 0 Å². The number of aliphatic carboxylic acids is 2. The van der Waals surface area contributed by atoms with Crippen molar-refractivity contribution in [1.29, 1.82) is 0 Å². The Labute approximate surface area is 80.4 Å². The molecule has 0 amide bonds. The summed E-state index contributed by atoms with van der Waals surface area (Å²) in [5.74, 6) is -3.41. The SMILES string of the molecule is C=C(C)C(=O)O.CC(C(=O)O)=C(O)O. The maximum Gasteiger partial charge on any atom is 0.338 e. The first-order chi connectivity index (χ1) is 6.20. The molecule has 0 aliphatic heterocycles. The lowest BCUT2D eigenvalue weighted by atomic mass is 10.3. The van der Waals surface area contributed by atoms with E-state index >= 15 is 0 Å². The molecule has 0 bridgehead atoms. The van der Waals surface area contributed by atoms with Gasteiger partial charge in [-0.25, -0.2) is 9.59 Å². The molecule has 0 fully saturated rings. The zero-order chi connectivity index (χ0) is 11.9. The van der Waals surface area contributed by atoms with Gasteiger partial charge in [0.15, 0.2) is 0 Å². The van der Waals surface area contributed by atoms with Crippen LogP contribution in [-0.4, -0.2) is 32.4 Å². The lowest BCUT2D eigenvalue weighted by molar-refractivity contribution is -0.133. The molecule has 0 aromatic carbocycles. The highest BCUT2D eigenvalue weighted by Crippen LogP contribution is 1.94. The molecular weight excluding hydrogens is 192 g/mol. The smallest absolute Gasteiger partial charge is 0.338 e. The molecule has 0 spiro atoms. The molecule has 0 aromatic heterocycles. The predicted molar refractivity (Wildman–Crippen MR) is 48.0 cm³/mol. The fraction of sp³-hybridized carbons (Fsp3) is 0.250. The Hall–Kier alpha value is -1.98. The third-order valence-electron chi connectivity index (χ3n) is 1.02. The number of carboxylic acid groups (broad SMARTS) is 2. The van der Waals surface area contributed by atoms with Crippen molar-refractivity contribution >= 4 is 11.9 Å². The van der Waals surface area contributed by atoms with Gasteiger partial charge in [0.05, 0.1) is 0 Å². The molecule has 0 saturated heterocycles. The van der Waals surface area contributed by atoms with E-state index in [1.807, 2.05) is 0 Å². The first-order valence-electron chi connectivity index (χ1n) is 3.41. The molecule has 4 N–H and O–H groups in total. The van der Waals surface area contributed by atoms with Crippen molar-refractivity contribution in [2.45, 2.75) is 13.8 Å². The highest BCUT2D eigenvalue weighted by Gasteiger charge is 2.04. The summed E-state index contributed by atoms with van der Waals surface area (Å²) < 4.78 is 0. The zero-order valence-corrected chi connectivity index (χ0v) is 7.81. The molecule has 14 heavy (non-hydrogen) atoms. The van der Waals surface area contributed by atoms with Crippen LogP contribution in [0.2, 0.25) is 0 Å². The van der Waals surface area contributed by atoms with E-state index in [0.717, 1.165) is 6.92 Å². The van der Waals surface area contributed by atoms with E-state index in [1.165, 1.54) is 6.92 Å². The molecule has 0 saturated carbocycles. The van der Waals surface area contributed by atoms with Gasteiger partial charge in [0, 0.05) is 5.57 Å². The molecule has 0 heterocycles. The lowest BCUT2D eigenvalue weighted by Crippen LogP contribution is -1.99. The number of rotatable bonds is 2. The van der Waals surface area contributed by atoms with Crippen molar-refractivity contribution in [3.05, 3.63) is 23.7 Å². The van der Waals surface area contributed by atoms with Crippen LogP contribution in [0.15, 0.2) is 23.7 Å². The van der Waals surface area contributed by atoms with Crippen LogP contribution in [0, 0.1) is 0 Å². The van der Waals surface area contributed by atoms with Crippen LogP contribution < -0.4 is 0 Å². The van der Waals surface area contributed by atoms with Crippen molar-refractivity contribution in [1.82, 2.24) is 0 Å². The van der Waals surface area contributed by atoms with E-state index in [-0.39, 0.29) is 5.57 Å². The number of hydrogen-bond donors (Lipinski definition) is 4. The second kappa shape index (κ2) is 6.53. The largest absolute Gasteiger partial charge is 0.481 e. The molecule has 0 aliphatic carbocycles. The third kappa shape index (κ3) is 8.12. The van der Waals surface area contributed by atoms with Gasteiger partial charge in [-0.15, -0.1) is 0 Å². The van der Waals surface area contributed by atoms with Crippen LogP contribution in [0.1, 0.15) is 13.8 Å². The minimum absolute atomic E-state index is 0.176. The molecular formula is C8H12O6. The first-order valence-corrected chi connectivity index (χ1v) is 3.41. The van der Waals surface area contributed by atoms with Crippen LogP contribution >= 0.6 is 0 Å². The summed E-state index contributed by atoms with van der Waals surface area (Å²) >= 11 is 0. The Balaban J connectivity index is 0. The van der Waals surface area contributed by atoms with E-state index in [9.17, 15) is 9.59 Å². The number of aliphatic hydroxyl groups excluding tert-OH is 1. The van der Waals surface area contributed by atoms with E-state index < -0.39 is 23.5 Å². The van der Waals surface area contributed by atoms with Gasteiger partial charge in [-0.3, -0.25) is 0 Å². The molecule has 80 valence electrons. The molecule has 0 radical (unpaired) electrons. The Morgan fingerprint density at radius 3 is 1.21 bits per heavy atom. The average Bonchev–Trinajstić information content (AvgIpc) is 2.03. The van der Waals surface area contributed by atoms with Gasteiger partial charge >= 0.3 is 11.9 Å². The van der Waals surface area contributed by atoms with Crippen LogP contribution in [0.25, 0.3) is 0 Å². The lowest BCUT2D eigenvalue weighted by Gasteiger charge is -1.89. The predicted octanol–water partition coefficient (Wildman–Crippen LogP) is 1.07. The zero-order valence-electron chi connectivity index (χ0n) is 7.81.